The van der Waals surface area contributed by atoms with Gasteiger partial charge in [-0.1, -0.05) is 30.3 Å². The van der Waals surface area contributed by atoms with Crippen LogP contribution in [0.1, 0.15) is 31.2 Å². The number of piperidine rings is 1. The van der Waals surface area contributed by atoms with E-state index in [1.54, 1.807) is 0 Å². The summed E-state index contributed by atoms with van der Waals surface area (Å²) in [6.07, 6.45) is 5.13. The van der Waals surface area contributed by atoms with Crippen molar-refractivity contribution >= 4 is 10.0 Å². The third kappa shape index (κ3) is 4.53. The molecule has 1 saturated heterocycles. The molecule has 116 valence electrons. The molecular weight excluding hydrogens is 284 g/mol. The Labute approximate surface area is 127 Å². The molecule has 1 aromatic carbocycles. The lowest BCUT2D eigenvalue weighted by Gasteiger charge is -2.32. The van der Waals surface area contributed by atoms with Gasteiger partial charge in [0.15, 0.2) is 0 Å². The van der Waals surface area contributed by atoms with Crippen LogP contribution in [0.25, 0.3) is 0 Å². The van der Waals surface area contributed by atoms with Crippen molar-refractivity contribution in [1.82, 2.24) is 9.62 Å². The van der Waals surface area contributed by atoms with Gasteiger partial charge in [0.25, 0.3) is 0 Å². The van der Waals surface area contributed by atoms with E-state index in [9.17, 15) is 8.42 Å². The van der Waals surface area contributed by atoms with E-state index in [0.29, 0.717) is 6.42 Å². The molecule has 0 radical (unpaired) electrons. The fourth-order valence-corrected chi connectivity index (χ4v) is 4.40. The van der Waals surface area contributed by atoms with Gasteiger partial charge in [-0.05, 0) is 50.8 Å². The molecule has 1 N–H and O–H groups in total. The van der Waals surface area contributed by atoms with Crippen LogP contribution in [0.3, 0.4) is 0 Å². The molecule has 0 unspecified atom stereocenters. The first-order chi connectivity index (χ1) is 10.1. The summed E-state index contributed by atoms with van der Waals surface area (Å²) in [7, 11) is -3.17. The lowest BCUT2D eigenvalue weighted by atomic mass is 10.1. The lowest BCUT2D eigenvalue weighted by Crippen LogP contribution is -2.45. The molecule has 0 bridgehead atoms. The summed E-state index contributed by atoms with van der Waals surface area (Å²) in [5, 5.41) is 0. The zero-order valence-corrected chi connectivity index (χ0v) is 13.2. The molecule has 3 rings (SSSR count). The second-order valence-electron chi connectivity index (χ2n) is 6.21. The number of sulfonamides is 1. The van der Waals surface area contributed by atoms with Gasteiger partial charge >= 0.3 is 0 Å². The molecule has 2 aliphatic rings. The number of aryl methyl sites for hydroxylation is 1. The minimum atomic E-state index is -3.17. The van der Waals surface area contributed by atoms with E-state index in [1.165, 1.54) is 12.8 Å². The Hall–Kier alpha value is -0.910. The van der Waals surface area contributed by atoms with Crippen molar-refractivity contribution in [3.8, 4) is 0 Å². The van der Waals surface area contributed by atoms with Gasteiger partial charge in [0.2, 0.25) is 10.0 Å². The van der Waals surface area contributed by atoms with Crippen molar-refractivity contribution in [2.24, 2.45) is 0 Å². The highest BCUT2D eigenvalue weighted by molar-refractivity contribution is 7.89. The maximum absolute atomic E-state index is 12.2. The van der Waals surface area contributed by atoms with Crippen molar-refractivity contribution < 1.29 is 8.42 Å². The molecule has 5 heteroatoms. The number of likely N-dealkylation sites (tertiary alicyclic amines) is 1. The smallest absolute Gasteiger partial charge is 0.212 e. The van der Waals surface area contributed by atoms with Crippen LogP contribution in [-0.2, 0) is 16.4 Å². The Morgan fingerprint density at radius 1 is 1.05 bits per heavy atom. The van der Waals surface area contributed by atoms with Crippen LogP contribution in [-0.4, -0.2) is 44.2 Å². The first-order valence-electron chi connectivity index (χ1n) is 7.90. The number of nitrogens with zero attached hydrogens (tertiary/aromatic N) is 1. The maximum atomic E-state index is 12.2. The van der Waals surface area contributed by atoms with Gasteiger partial charge in [-0.15, -0.1) is 0 Å². The Morgan fingerprint density at radius 3 is 2.33 bits per heavy atom. The van der Waals surface area contributed by atoms with E-state index < -0.39 is 10.0 Å². The zero-order valence-electron chi connectivity index (χ0n) is 12.4. The predicted molar refractivity (Wildman–Crippen MR) is 84.7 cm³/mol. The van der Waals surface area contributed by atoms with E-state index in [0.717, 1.165) is 37.5 Å². The van der Waals surface area contributed by atoms with Crippen molar-refractivity contribution in [2.75, 3.05) is 18.8 Å². The lowest BCUT2D eigenvalue weighted by molar-refractivity contribution is 0.199. The molecule has 1 saturated carbocycles. The maximum Gasteiger partial charge on any atom is 0.212 e. The molecule has 0 atom stereocenters. The third-order valence-electron chi connectivity index (χ3n) is 4.44. The molecule has 0 spiro atoms. The Morgan fingerprint density at radius 2 is 1.71 bits per heavy atom. The number of hydrogen-bond donors (Lipinski definition) is 1. The second kappa shape index (κ2) is 6.46. The standard InChI is InChI=1S/C16H24N2O2S/c19-21(20,13-10-14-4-2-1-3-5-14)17-15-8-11-18(12-9-15)16-6-7-16/h1-5,15-17H,6-13H2. The monoisotopic (exact) mass is 308 g/mol. The fourth-order valence-electron chi connectivity index (χ4n) is 3.03. The average Bonchev–Trinajstić information content (AvgIpc) is 3.32. The number of rotatable bonds is 6. The molecule has 0 amide bonds. The SMILES string of the molecule is O=S(=O)(CCc1ccccc1)NC1CCN(C2CC2)CC1. The van der Waals surface area contributed by atoms with E-state index in [4.69, 9.17) is 0 Å². The van der Waals surface area contributed by atoms with Crippen LogP contribution in [0, 0.1) is 0 Å². The summed E-state index contributed by atoms with van der Waals surface area (Å²) in [5.74, 6) is 0.180. The molecule has 4 nitrogen and oxygen atoms in total. The van der Waals surface area contributed by atoms with Crippen LogP contribution in [0.5, 0.6) is 0 Å². The van der Waals surface area contributed by atoms with Crippen molar-refractivity contribution in [1.29, 1.82) is 0 Å². The third-order valence-corrected chi connectivity index (χ3v) is 5.88. The molecule has 0 aromatic heterocycles. The molecule has 1 heterocycles. The quantitative estimate of drug-likeness (QED) is 0.871. The Balaban J connectivity index is 1.45. The summed E-state index contributed by atoms with van der Waals surface area (Å²) in [6, 6.07) is 10.7. The molecule has 2 fully saturated rings. The molecular formula is C16H24N2O2S. The van der Waals surface area contributed by atoms with Crippen LogP contribution in [0.4, 0.5) is 0 Å². The second-order valence-corrected chi connectivity index (χ2v) is 8.09. The summed E-state index contributed by atoms with van der Waals surface area (Å²) in [6.45, 7) is 2.08. The summed E-state index contributed by atoms with van der Waals surface area (Å²) in [4.78, 5) is 2.51. The number of nitrogens with one attached hydrogen (secondary N) is 1. The van der Waals surface area contributed by atoms with Crippen LogP contribution in [0.15, 0.2) is 30.3 Å². The largest absolute Gasteiger partial charge is 0.300 e. The predicted octanol–water partition coefficient (Wildman–Crippen LogP) is 1.78. The van der Waals surface area contributed by atoms with E-state index in [1.807, 2.05) is 30.3 Å². The molecule has 21 heavy (non-hydrogen) atoms. The average molecular weight is 308 g/mol. The van der Waals surface area contributed by atoms with Crippen LogP contribution in [0.2, 0.25) is 0 Å². The van der Waals surface area contributed by atoms with E-state index in [-0.39, 0.29) is 11.8 Å². The van der Waals surface area contributed by atoms with E-state index >= 15 is 0 Å². The van der Waals surface area contributed by atoms with Crippen molar-refractivity contribution in [3.63, 3.8) is 0 Å². The first kappa shape index (κ1) is 15.0. The Kier molecular flexibility index (Phi) is 4.62. The Bertz CT molecular complexity index is 547. The summed E-state index contributed by atoms with van der Waals surface area (Å²) in [5.41, 5.74) is 1.08. The highest BCUT2D eigenvalue weighted by atomic mass is 32.2. The van der Waals surface area contributed by atoms with Gasteiger partial charge in [-0.25, -0.2) is 13.1 Å². The highest BCUT2D eigenvalue weighted by Gasteiger charge is 2.32. The normalized spacial score (nSPS) is 21.5. The van der Waals surface area contributed by atoms with Gasteiger partial charge in [0.1, 0.15) is 0 Å². The van der Waals surface area contributed by atoms with Gasteiger partial charge in [0, 0.05) is 12.1 Å². The summed E-state index contributed by atoms with van der Waals surface area (Å²) < 4.78 is 27.2. The molecule has 1 aliphatic heterocycles. The molecule has 1 aromatic rings. The first-order valence-corrected chi connectivity index (χ1v) is 9.55. The van der Waals surface area contributed by atoms with Crippen molar-refractivity contribution in [2.45, 2.75) is 44.2 Å². The van der Waals surface area contributed by atoms with Gasteiger partial charge in [-0.3, -0.25) is 0 Å². The van der Waals surface area contributed by atoms with Crippen molar-refractivity contribution in [3.05, 3.63) is 35.9 Å². The topological polar surface area (TPSA) is 49.4 Å². The minimum Gasteiger partial charge on any atom is -0.300 e. The molecule has 1 aliphatic carbocycles. The number of hydrogen-bond acceptors (Lipinski definition) is 3. The minimum absolute atomic E-state index is 0.126. The number of benzene rings is 1. The van der Waals surface area contributed by atoms with Gasteiger partial charge in [0.05, 0.1) is 5.75 Å². The highest BCUT2D eigenvalue weighted by Crippen LogP contribution is 2.29. The van der Waals surface area contributed by atoms with Crippen LogP contribution >= 0.6 is 0 Å². The van der Waals surface area contributed by atoms with Gasteiger partial charge in [-0.2, -0.15) is 0 Å². The summed E-state index contributed by atoms with van der Waals surface area (Å²) >= 11 is 0. The van der Waals surface area contributed by atoms with Gasteiger partial charge < -0.3 is 4.90 Å². The fraction of sp³-hybridized carbons (Fsp3) is 0.625. The van der Waals surface area contributed by atoms with E-state index in [2.05, 4.69) is 9.62 Å². The van der Waals surface area contributed by atoms with Crippen LogP contribution < -0.4 is 4.72 Å². The zero-order chi connectivity index (χ0) is 14.7.